The first-order valence-electron chi connectivity index (χ1n) is 11.4. The van der Waals surface area contributed by atoms with Gasteiger partial charge in [0, 0.05) is 30.5 Å². The van der Waals surface area contributed by atoms with Gasteiger partial charge in [-0.1, -0.05) is 30.3 Å². The highest BCUT2D eigenvalue weighted by Crippen LogP contribution is 2.16. The Hall–Kier alpha value is -4.33. The molecule has 3 rings (SSSR count). The van der Waals surface area contributed by atoms with Crippen molar-refractivity contribution in [3.63, 3.8) is 0 Å². The molecule has 0 saturated heterocycles. The minimum atomic E-state index is -0.471. The van der Waals surface area contributed by atoms with E-state index in [-0.39, 0.29) is 18.7 Å². The molecule has 0 aromatic heterocycles. The van der Waals surface area contributed by atoms with E-state index in [1.54, 1.807) is 48.5 Å². The standard InChI is InChI=1S/C27H29N3O5/c1-2-34-23-14-10-22(11-15-23)28-25(31)16-17-26(32)29-30-27(33)21-8-12-24(13-9-21)35-19-18-20-6-4-3-5-7-20/h3-15H,2,16-19H2,1H3,(H,28,31)(H,29,32)(H,30,33). The van der Waals surface area contributed by atoms with Crippen molar-refractivity contribution in [1.29, 1.82) is 0 Å². The number of rotatable bonds is 11. The van der Waals surface area contributed by atoms with Crippen LogP contribution in [0.5, 0.6) is 11.5 Å². The average molecular weight is 476 g/mol. The summed E-state index contributed by atoms with van der Waals surface area (Å²) in [5.41, 5.74) is 6.84. The summed E-state index contributed by atoms with van der Waals surface area (Å²) >= 11 is 0. The molecule has 0 aliphatic rings. The maximum absolute atomic E-state index is 12.3. The first kappa shape index (κ1) is 25.3. The van der Waals surface area contributed by atoms with Gasteiger partial charge in [-0.2, -0.15) is 0 Å². The van der Waals surface area contributed by atoms with Gasteiger partial charge in [0.25, 0.3) is 5.91 Å². The number of hydrogen-bond donors (Lipinski definition) is 3. The number of ether oxygens (including phenoxy) is 2. The Balaban J connectivity index is 1.33. The van der Waals surface area contributed by atoms with E-state index in [1.165, 1.54) is 5.56 Å². The van der Waals surface area contributed by atoms with Crippen molar-refractivity contribution >= 4 is 23.4 Å². The monoisotopic (exact) mass is 475 g/mol. The maximum atomic E-state index is 12.3. The molecular formula is C27H29N3O5. The van der Waals surface area contributed by atoms with E-state index in [2.05, 4.69) is 16.2 Å². The highest BCUT2D eigenvalue weighted by atomic mass is 16.5. The fourth-order valence-electron chi connectivity index (χ4n) is 3.15. The summed E-state index contributed by atoms with van der Waals surface area (Å²) < 4.78 is 11.1. The fraction of sp³-hybridized carbons (Fsp3) is 0.222. The second-order valence-electron chi connectivity index (χ2n) is 7.62. The third-order valence-corrected chi connectivity index (χ3v) is 4.96. The molecular weight excluding hydrogens is 446 g/mol. The Morgan fingerprint density at radius 3 is 2.03 bits per heavy atom. The molecule has 0 fully saturated rings. The highest BCUT2D eigenvalue weighted by molar-refractivity contribution is 5.96. The molecule has 0 bridgehead atoms. The summed E-state index contributed by atoms with van der Waals surface area (Å²) in [5, 5.41) is 2.71. The lowest BCUT2D eigenvalue weighted by Crippen LogP contribution is -2.41. The van der Waals surface area contributed by atoms with Gasteiger partial charge in [-0.3, -0.25) is 25.2 Å². The Bertz CT molecular complexity index is 1100. The number of carbonyl (C=O) groups excluding carboxylic acids is 3. The van der Waals surface area contributed by atoms with Crippen LogP contribution in [0.4, 0.5) is 5.69 Å². The second-order valence-corrected chi connectivity index (χ2v) is 7.62. The summed E-state index contributed by atoms with van der Waals surface area (Å²) in [6.07, 6.45) is 0.689. The summed E-state index contributed by atoms with van der Waals surface area (Å²) in [6.45, 7) is 2.98. The predicted octanol–water partition coefficient (Wildman–Crippen LogP) is 3.89. The minimum Gasteiger partial charge on any atom is -0.494 e. The normalized spacial score (nSPS) is 10.2. The fourth-order valence-corrected chi connectivity index (χ4v) is 3.15. The van der Waals surface area contributed by atoms with E-state index in [1.807, 2.05) is 37.3 Å². The molecule has 8 heteroatoms. The first-order valence-corrected chi connectivity index (χ1v) is 11.4. The number of benzene rings is 3. The van der Waals surface area contributed by atoms with Crippen molar-refractivity contribution in [2.45, 2.75) is 26.2 Å². The molecule has 182 valence electrons. The van der Waals surface area contributed by atoms with Gasteiger partial charge in [0.1, 0.15) is 11.5 Å². The van der Waals surface area contributed by atoms with Crippen LogP contribution in [-0.2, 0) is 16.0 Å². The van der Waals surface area contributed by atoms with E-state index < -0.39 is 11.8 Å². The molecule has 0 aliphatic heterocycles. The van der Waals surface area contributed by atoms with Crippen molar-refractivity contribution in [1.82, 2.24) is 10.9 Å². The molecule has 3 N–H and O–H groups in total. The number of hydrazine groups is 1. The van der Waals surface area contributed by atoms with Gasteiger partial charge in [0.05, 0.1) is 13.2 Å². The predicted molar refractivity (Wildman–Crippen MR) is 133 cm³/mol. The Morgan fingerprint density at radius 2 is 1.34 bits per heavy atom. The lowest BCUT2D eigenvalue weighted by Gasteiger charge is -2.10. The zero-order valence-corrected chi connectivity index (χ0v) is 19.6. The quantitative estimate of drug-likeness (QED) is 0.365. The zero-order valence-electron chi connectivity index (χ0n) is 19.6. The molecule has 3 aromatic carbocycles. The maximum Gasteiger partial charge on any atom is 0.269 e. The molecule has 0 radical (unpaired) electrons. The third kappa shape index (κ3) is 8.85. The van der Waals surface area contributed by atoms with Crippen LogP contribution >= 0.6 is 0 Å². The Labute approximate surface area is 204 Å². The number of nitrogens with one attached hydrogen (secondary N) is 3. The lowest BCUT2D eigenvalue weighted by atomic mass is 10.2. The van der Waals surface area contributed by atoms with E-state index in [4.69, 9.17) is 9.47 Å². The van der Waals surface area contributed by atoms with Crippen molar-refractivity contribution in [2.75, 3.05) is 18.5 Å². The van der Waals surface area contributed by atoms with Gasteiger partial charge in [0.2, 0.25) is 11.8 Å². The van der Waals surface area contributed by atoms with Crippen LogP contribution in [0.3, 0.4) is 0 Å². The summed E-state index contributed by atoms with van der Waals surface area (Å²) in [5.74, 6) is 0.124. The summed E-state index contributed by atoms with van der Waals surface area (Å²) in [4.78, 5) is 36.3. The van der Waals surface area contributed by atoms with E-state index in [9.17, 15) is 14.4 Å². The van der Waals surface area contributed by atoms with Gasteiger partial charge in [-0.25, -0.2) is 0 Å². The summed E-state index contributed by atoms with van der Waals surface area (Å²) in [6, 6.07) is 23.6. The number of anilines is 1. The molecule has 3 aromatic rings. The van der Waals surface area contributed by atoms with Crippen LogP contribution in [0.2, 0.25) is 0 Å². The van der Waals surface area contributed by atoms with Crippen LogP contribution < -0.4 is 25.6 Å². The molecule has 35 heavy (non-hydrogen) atoms. The number of hydrogen-bond acceptors (Lipinski definition) is 5. The van der Waals surface area contributed by atoms with Crippen molar-refractivity contribution in [3.05, 3.63) is 90.0 Å². The van der Waals surface area contributed by atoms with Gasteiger partial charge in [0.15, 0.2) is 0 Å². The van der Waals surface area contributed by atoms with E-state index in [0.717, 1.165) is 6.42 Å². The topological polar surface area (TPSA) is 106 Å². The first-order chi connectivity index (χ1) is 17.0. The largest absolute Gasteiger partial charge is 0.494 e. The van der Waals surface area contributed by atoms with Gasteiger partial charge >= 0.3 is 0 Å². The molecule has 0 aliphatic carbocycles. The number of amides is 3. The molecule has 0 heterocycles. The van der Waals surface area contributed by atoms with Gasteiger partial charge in [-0.05, 0) is 61.0 Å². The van der Waals surface area contributed by atoms with Gasteiger partial charge < -0.3 is 14.8 Å². The smallest absolute Gasteiger partial charge is 0.269 e. The zero-order chi connectivity index (χ0) is 24.9. The van der Waals surface area contributed by atoms with Crippen LogP contribution in [0.25, 0.3) is 0 Å². The molecule has 8 nitrogen and oxygen atoms in total. The molecule has 0 saturated carbocycles. The molecule has 0 atom stereocenters. The third-order valence-electron chi connectivity index (χ3n) is 4.96. The lowest BCUT2D eigenvalue weighted by molar-refractivity contribution is -0.124. The minimum absolute atomic E-state index is 0.0239. The second kappa shape index (κ2) is 13.4. The highest BCUT2D eigenvalue weighted by Gasteiger charge is 2.10. The van der Waals surface area contributed by atoms with E-state index in [0.29, 0.717) is 36.0 Å². The molecule has 3 amide bonds. The Morgan fingerprint density at radius 1 is 0.714 bits per heavy atom. The van der Waals surface area contributed by atoms with Crippen molar-refractivity contribution < 1.29 is 23.9 Å². The van der Waals surface area contributed by atoms with Crippen molar-refractivity contribution in [3.8, 4) is 11.5 Å². The molecule has 0 spiro atoms. The molecule has 0 unspecified atom stereocenters. The van der Waals surface area contributed by atoms with Crippen LogP contribution in [0.15, 0.2) is 78.9 Å². The Kier molecular flexibility index (Phi) is 9.68. The SMILES string of the molecule is CCOc1ccc(NC(=O)CCC(=O)NNC(=O)c2ccc(OCCc3ccccc3)cc2)cc1. The van der Waals surface area contributed by atoms with Crippen LogP contribution in [-0.4, -0.2) is 30.9 Å². The average Bonchev–Trinajstić information content (AvgIpc) is 2.88. The van der Waals surface area contributed by atoms with Crippen molar-refractivity contribution in [2.24, 2.45) is 0 Å². The summed E-state index contributed by atoms with van der Waals surface area (Å²) in [7, 11) is 0. The van der Waals surface area contributed by atoms with Crippen LogP contribution in [0, 0.1) is 0 Å². The van der Waals surface area contributed by atoms with Crippen LogP contribution in [0.1, 0.15) is 35.7 Å². The van der Waals surface area contributed by atoms with E-state index >= 15 is 0 Å². The number of carbonyl (C=O) groups is 3. The van der Waals surface area contributed by atoms with Gasteiger partial charge in [-0.15, -0.1) is 0 Å².